The zero-order valence-corrected chi connectivity index (χ0v) is 24.9. The molecule has 0 aromatic rings. The molecule has 0 amide bonds. The second kappa shape index (κ2) is 35.0. The summed E-state index contributed by atoms with van der Waals surface area (Å²) in [7, 11) is 0. The quantitative estimate of drug-likeness (QED) is 0.378. The molecule has 0 rings (SSSR count). The van der Waals surface area contributed by atoms with Crippen LogP contribution in [-0.2, 0) is 14.4 Å². The van der Waals surface area contributed by atoms with Crippen LogP contribution in [0.3, 0.4) is 0 Å². The Morgan fingerprint density at radius 2 is 0.962 bits per heavy atom. The fraction of sp³-hybridized carbons (Fsp3) is 0.800. The SMILES string of the molecule is CCC(C)C(=O)O.CCC(C)C(=O)[O-].CCC(C)C(=O)[O-].[Ca+2].[Ca+2].[Cl-].[Cl-].[H-].[H-].[Na+]. The van der Waals surface area contributed by atoms with E-state index in [1.165, 1.54) is 0 Å². The van der Waals surface area contributed by atoms with Gasteiger partial charge in [0, 0.05) is 11.9 Å². The molecule has 0 spiro atoms. The minimum atomic E-state index is -0.956. The van der Waals surface area contributed by atoms with Crippen molar-refractivity contribution in [3.63, 3.8) is 0 Å². The Morgan fingerprint density at radius 3 is 0.962 bits per heavy atom. The number of halogens is 2. The largest absolute Gasteiger partial charge is 2.00 e. The van der Waals surface area contributed by atoms with Gasteiger partial charge < -0.3 is 52.6 Å². The van der Waals surface area contributed by atoms with Crippen molar-refractivity contribution in [3.05, 3.63) is 0 Å². The number of carbonyl (C=O) groups is 3. The van der Waals surface area contributed by atoms with Gasteiger partial charge in [0.15, 0.2) is 0 Å². The van der Waals surface area contributed by atoms with Crippen molar-refractivity contribution in [1.82, 2.24) is 0 Å². The molecule has 0 fully saturated rings. The molecule has 3 unspecified atom stereocenters. The van der Waals surface area contributed by atoms with Crippen LogP contribution in [0, 0.1) is 17.8 Å². The minimum Gasteiger partial charge on any atom is -1.00 e. The van der Waals surface area contributed by atoms with Gasteiger partial charge in [0.2, 0.25) is 0 Å². The number of aliphatic carboxylic acids is 3. The van der Waals surface area contributed by atoms with Crippen LogP contribution >= 0.6 is 0 Å². The number of carbonyl (C=O) groups excluding carboxylic acids is 2. The molecule has 3 atom stereocenters. The van der Waals surface area contributed by atoms with Crippen molar-refractivity contribution < 1.29 is 86.9 Å². The molecule has 1 N–H and O–H groups in total. The average Bonchev–Trinajstić information content (AvgIpc) is 2.45. The fourth-order valence-corrected chi connectivity index (χ4v) is 0.508. The van der Waals surface area contributed by atoms with Crippen molar-refractivity contribution in [2.24, 2.45) is 17.8 Å². The van der Waals surface area contributed by atoms with Crippen LogP contribution in [0.2, 0.25) is 0 Å². The first-order valence-corrected chi connectivity index (χ1v) is 7.19. The van der Waals surface area contributed by atoms with E-state index in [2.05, 4.69) is 0 Å². The molecule has 26 heavy (non-hydrogen) atoms. The molecule has 0 saturated heterocycles. The normalized spacial score (nSPS) is 10.8. The summed E-state index contributed by atoms with van der Waals surface area (Å²) >= 11 is 0. The molecule has 0 bridgehead atoms. The summed E-state index contributed by atoms with van der Waals surface area (Å²) in [5, 5.41) is 27.8. The molecule has 0 aromatic heterocycles. The van der Waals surface area contributed by atoms with Gasteiger partial charge in [0.05, 0.1) is 5.92 Å². The van der Waals surface area contributed by atoms with Crippen molar-refractivity contribution in [3.8, 4) is 0 Å². The van der Waals surface area contributed by atoms with Gasteiger partial charge in [0.25, 0.3) is 0 Å². The molecule has 146 valence electrons. The second-order valence-corrected chi connectivity index (χ2v) is 4.90. The van der Waals surface area contributed by atoms with E-state index in [9.17, 15) is 24.6 Å². The average molecular weight is 480 g/mol. The summed E-state index contributed by atoms with van der Waals surface area (Å²) in [6.45, 7) is 10.5. The van der Waals surface area contributed by atoms with Gasteiger partial charge in [-0.15, -0.1) is 0 Å². The van der Waals surface area contributed by atoms with Gasteiger partial charge in [-0.25, -0.2) is 0 Å². The first-order chi connectivity index (χ1) is 9.54. The molecule has 0 aromatic carbocycles. The fourth-order valence-electron chi connectivity index (χ4n) is 0.508. The zero-order valence-electron chi connectivity index (χ0n) is 19.0. The Morgan fingerprint density at radius 1 is 0.769 bits per heavy atom. The van der Waals surface area contributed by atoms with Crippen LogP contribution < -0.4 is 64.6 Å². The molecule has 0 aliphatic carbocycles. The molecule has 0 saturated carbocycles. The van der Waals surface area contributed by atoms with Gasteiger partial charge in [-0.3, -0.25) is 4.79 Å². The van der Waals surface area contributed by atoms with E-state index < -0.39 is 17.9 Å². The van der Waals surface area contributed by atoms with Crippen LogP contribution in [-0.4, -0.2) is 98.5 Å². The molecule has 0 aliphatic heterocycles. The van der Waals surface area contributed by atoms with Crippen LogP contribution in [0.1, 0.15) is 63.7 Å². The van der Waals surface area contributed by atoms with Crippen molar-refractivity contribution >= 4 is 93.4 Å². The van der Waals surface area contributed by atoms with Crippen LogP contribution in [0.25, 0.3) is 0 Å². The number of rotatable bonds is 6. The summed E-state index contributed by atoms with van der Waals surface area (Å²) in [6.07, 6.45) is 2.03. The Kier molecular flexibility index (Phi) is 69.0. The Bertz CT molecular complexity index is 289. The topological polar surface area (TPSA) is 118 Å². The third-order valence-corrected chi connectivity index (χ3v) is 3.06. The maximum absolute atomic E-state index is 9.93. The van der Waals surface area contributed by atoms with Gasteiger partial charge in [-0.1, -0.05) is 41.5 Å². The second-order valence-electron chi connectivity index (χ2n) is 4.90. The van der Waals surface area contributed by atoms with E-state index in [-0.39, 0.29) is 150 Å². The van der Waals surface area contributed by atoms with E-state index in [1.807, 2.05) is 20.8 Å². The minimum absolute atomic E-state index is 0. The van der Waals surface area contributed by atoms with Gasteiger partial charge in [-0.05, 0) is 31.1 Å². The van der Waals surface area contributed by atoms with Crippen molar-refractivity contribution in [2.45, 2.75) is 60.8 Å². The van der Waals surface area contributed by atoms with Crippen molar-refractivity contribution in [2.75, 3.05) is 0 Å². The monoisotopic (exact) mass is 479 g/mol. The molecule has 0 heterocycles. The van der Waals surface area contributed by atoms with Crippen LogP contribution in [0.15, 0.2) is 0 Å². The maximum atomic E-state index is 9.93. The molecular formula is C15H30Ca2Cl2NaO6-. The first-order valence-electron chi connectivity index (χ1n) is 7.19. The number of hydrogen-bond acceptors (Lipinski definition) is 5. The molecule has 0 aliphatic rings. The zero-order chi connectivity index (χ0) is 17.6. The summed E-state index contributed by atoms with van der Waals surface area (Å²) < 4.78 is 0. The predicted octanol–water partition coefficient (Wildman–Crippen LogP) is -8.84. The summed E-state index contributed by atoms with van der Waals surface area (Å²) in [6, 6.07) is 0. The van der Waals surface area contributed by atoms with Gasteiger partial charge in [-0.2, -0.15) is 0 Å². The summed E-state index contributed by atoms with van der Waals surface area (Å²) in [5.41, 5.74) is 0. The Hall–Kier alpha value is 2.51. The molecular weight excluding hydrogens is 450 g/mol. The van der Waals surface area contributed by atoms with E-state index in [0.29, 0.717) is 12.8 Å². The van der Waals surface area contributed by atoms with E-state index in [0.717, 1.165) is 6.42 Å². The molecule has 6 nitrogen and oxygen atoms in total. The Balaban J connectivity index is -0.0000000193. The number of carboxylic acid groups (broad SMARTS) is 3. The van der Waals surface area contributed by atoms with Gasteiger partial charge >= 0.3 is 111 Å². The smallest absolute Gasteiger partial charge is 1.00 e. The third kappa shape index (κ3) is 41.0. The standard InChI is InChI=1S/3C5H10O2.2Ca.2ClH.Na.2H/c3*1-3-4(2)5(6)7;;;;;;;/h3*4H,3H2,1-2H3,(H,6,7);;;2*1H;;;/q;;;2*+2;;;+1;2*-1/p-4. The third-order valence-electron chi connectivity index (χ3n) is 3.06. The van der Waals surface area contributed by atoms with E-state index in [1.54, 1.807) is 20.8 Å². The first kappa shape index (κ1) is 51.3. The Labute approximate surface area is 255 Å². The summed E-state index contributed by atoms with van der Waals surface area (Å²) in [5.74, 6) is -3.38. The number of carboxylic acids is 3. The maximum Gasteiger partial charge on any atom is 2.00 e. The molecule has 11 heteroatoms. The summed E-state index contributed by atoms with van der Waals surface area (Å²) in [4.78, 5) is 29.6. The number of hydrogen-bond donors (Lipinski definition) is 1. The van der Waals surface area contributed by atoms with Crippen molar-refractivity contribution in [1.29, 1.82) is 0 Å². The van der Waals surface area contributed by atoms with E-state index >= 15 is 0 Å². The van der Waals surface area contributed by atoms with Crippen LogP contribution in [0.5, 0.6) is 0 Å². The van der Waals surface area contributed by atoms with E-state index in [4.69, 9.17) is 5.11 Å². The van der Waals surface area contributed by atoms with Gasteiger partial charge in [0.1, 0.15) is 0 Å². The molecule has 0 radical (unpaired) electrons. The van der Waals surface area contributed by atoms with Crippen LogP contribution in [0.4, 0.5) is 0 Å². The predicted molar refractivity (Wildman–Crippen MR) is 89.7 cm³/mol.